The lowest BCUT2D eigenvalue weighted by atomic mass is 10.2. The van der Waals surface area contributed by atoms with Gasteiger partial charge < -0.3 is 9.84 Å². The molecular formula is C18H19Br2N5O2. The number of hydrogen-bond donors (Lipinski definition) is 1. The summed E-state index contributed by atoms with van der Waals surface area (Å²) in [6.07, 6.45) is 0.713. The van der Waals surface area contributed by atoms with Crippen molar-refractivity contribution in [2.45, 2.75) is 32.9 Å². The molecule has 0 saturated carbocycles. The van der Waals surface area contributed by atoms with E-state index in [1.165, 1.54) is 0 Å². The van der Waals surface area contributed by atoms with Gasteiger partial charge in [0.25, 0.3) is 0 Å². The van der Waals surface area contributed by atoms with Crippen LogP contribution in [0.25, 0.3) is 0 Å². The summed E-state index contributed by atoms with van der Waals surface area (Å²) in [6.45, 7) is 5.29. The Morgan fingerprint density at radius 3 is 2.30 bits per heavy atom. The van der Waals surface area contributed by atoms with Gasteiger partial charge in [0, 0.05) is 12.5 Å². The maximum absolute atomic E-state index is 10.1. The van der Waals surface area contributed by atoms with Crippen molar-refractivity contribution in [1.29, 1.82) is 0 Å². The molecule has 1 N–H and O–H groups in total. The molecule has 27 heavy (non-hydrogen) atoms. The largest absolute Gasteiger partial charge is 0.338 e. The van der Waals surface area contributed by atoms with E-state index in [1.807, 2.05) is 32.0 Å². The van der Waals surface area contributed by atoms with Gasteiger partial charge in [-0.3, -0.25) is 4.79 Å². The van der Waals surface area contributed by atoms with Crippen LogP contribution in [0.15, 0.2) is 50.1 Å². The van der Waals surface area contributed by atoms with Crippen LogP contribution in [0, 0.1) is 0 Å². The minimum absolute atomic E-state index is 0.286. The minimum atomic E-state index is 0.286. The van der Waals surface area contributed by atoms with Gasteiger partial charge in [0.05, 0.1) is 12.2 Å². The Morgan fingerprint density at radius 1 is 1.04 bits per heavy atom. The molecule has 0 aliphatic carbocycles. The molecule has 9 heteroatoms. The maximum Gasteiger partial charge on any atom is 0.240 e. The Morgan fingerprint density at radius 2 is 1.74 bits per heavy atom. The van der Waals surface area contributed by atoms with Gasteiger partial charge >= 0.3 is 0 Å². The summed E-state index contributed by atoms with van der Waals surface area (Å²) in [7, 11) is 0. The SMILES string of the molecule is CC(C)c1noc(CNCc2cccc(Br)n2)n1.O=Cc1cccc(Br)n1. The summed E-state index contributed by atoms with van der Waals surface area (Å²) < 4.78 is 6.66. The fourth-order valence-electron chi connectivity index (χ4n) is 1.91. The zero-order valence-electron chi connectivity index (χ0n) is 14.9. The first kappa shape index (κ1) is 21.3. The van der Waals surface area contributed by atoms with E-state index in [-0.39, 0.29) is 5.92 Å². The lowest BCUT2D eigenvalue weighted by Crippen LogP contribution is -2.14. The van der Waals surface area contributed by atoms with Crippen molar-refractivity contribution < 1.29 is 9.32 Å². The number of rotatable bonds is 6. The molecule has 0 fully saturated rings. The Bertz CT molecular complexity index is 870. The van der Waals surface area contributed by atoms with Crippen LogP contribution in [0.4, 0.5) is 0 Å². The highest BCUT2D eigenvalue weighted by Gasteiger charge is 2.08. The molecule has 3 aromatic heterocycles. The number of nitrogens with zero attached hydrogens (tertiary/aromatic N) is 4. The highest BCUT2D eigenvalue weighted by molar-refractivity contribution is 9.10. The highest BCUT2D eigenvalue weighted by atomic mass is 79.9. The van der Waals surface area contributed by atoms with E-state index in [1.54, 1.807) is 18.2 Å². The molecule has 0 radical (unpaired) electrons. The Balaban J connectivity index is 0.000000244. The van der Waals surface area contributed by atoms with Crippen LogP contribution >= 0.6 is 31.9 Å². The van der Waals surface area contributed by atoms with Gasteiger partial charge in [-0.25, -0.2) is 9.97 Å². The average Bonchev–Trinajstić information content (AvgIpc) is 3.12. The second-order valence-electron chi connectivity index (χ2n) is 5.76. The lowest BCUT2D eigenvalue weighted by Gasteiger charge is -2.01. The molecule has 0 aliphatic rings. The fourth-order valence-corrected chi connectivity index (χ4v) is 2.65. The first-order valence-electron chi connectivity index (χ1n) is 8.20. The minimum Gasteiger partial charge on any atom is -0.338 e. The Hall–Kier alpha value is -1.97. The third kappa shape index (κ3) is 7.66. The first-order chi connectivity index (χ1) is 13.0. The monoisotopic (exact) mass is 495 g/mol. The number of aldehydes is 1. The number of pyridine rings is 2. The molecule has 0 bridgehead atoms. The van der Waals surface area contributed by atoms with Crippen LogP contribution in [0.2, 0.25) is 0 Å². The smallest absolute Gasteiger partial charge is 0.240 e. The first-order valence-corrected chi connectivity index (χ1v) is 9.79. The zero-order chi connectivity index (χ0) is 19.6. The van der Waals surface area contributed by atoms with Crippen molar-refractivity contribution in [2.24, 2.45) is 0 Å². The standard InChI is InChI=1S/C12H15BrN4O.C6H4BrNO/c1-8(2)12-16-11(18-17-12)7-14-6-9-4-3-5-10(13)15-9;7-6-3-1-2-5(4-9)8-6/h3-5,8,14H,6-7H2,1-2H3;1-4H. The summed E-state index contributed by atoms with van der Waals surface area (Å²) in [4.78, 5) is 22.5. The summed E-state index contributed by atoms with van der Waals surface area (Å²) in [5.74, 6) is 1.63. The summed E-state index contributed by atoms with van der Waals surface area (Å²) in [6, 6.07) is 11.0. The van der Waals surface area contributed by atoms with Gasteiger partial charge in [-0.15, -0.1) is 0 Å². The predicted molar refractivity (Wildman–Crippen MR) is 108 cm³/mol. The molecular weight excluding hydrogens is 478 g/mol. The quantitative estimate of drug-likeness (QED) is 0.401. The van der Waals surface area contributed by atoms with Gasteiger partial charge in [0.1, 0.15) is 14.9 Å². The molecule has 0 atom stereocenters. The molecule has 0 aromatic carbocycles. The summed E-state index contributed by atoms with van der Waals surface area (Å²) in [5, 5.41) is 7.12. The van der Waals surface area contributed by atoms with Crippen molar-refractivity contribution >= 4 is 38.1 Å². The van der Waals surface area contributed by atoms with Gasteiger partial charge in [-0.2, -0.15) is 4.98 Å². The number of carbonyl (C=O) groups excluding carboxylic acids is 1. The molecule has 142 valence electrons. The van der Waals surface area contributed by atoms with Crippen molar-refractivity contribution in [3.05, 3.63) is 68.7 Å². The van der Waals surface area contributed by atoms with Gasteiger partial charge in [-0.05, 0) is 56.1 Å². The van der Waals surface area contributed by atoms with E-state index in [0.717, 1.165) is 16.1 Å². The third-order valence-corrected chi connectivity index (χ3v) is 4.10. The average molecular weight is 497 g/mol. The van der Waals surface area contributed by atoms with Gasteiger partial charge in [0.2, 0.25) is 5.89 Å². The molecule has 3 aromatic rings. The normalized spacial score (nSPS) is 10.4. The maximum atomic E-state index is 10.1. The number of hydrogen-bond acceptors (Lipinski definition) is 7. The lowest BCUT2D eigenvalue weighted by molar-refractivity contribution is 0.111. The van der Waals surface area contributed by atoms with E-state index in [9.17, 15) is 4.79 Å². The molecule has 7 nitrogen and oxygen atoms in total. The van der Waals surface area contributed by atoms with Crippen LogP contribution in [0.3, 0.4) is 0 Å². The number of halogens is 2. The topological polar surface area (TPSA) is 93.8 Å². The molecule has 0 saturated heterocycles. The molecule has 3 rings (SSSR count). The molecule has 0 unspecified atom stereocenters. The fraction of sp³-hybridized carbons (Fsp3) is 0.278. The van der Waals surface area contributed by atoms with E-state index in [4.69, 9.17) is 4.52 Å². The Labute approximate surface area is 174 Å². The predicted octanol–water partition coefficient (Wildman–Crippen LogP) is 4.30. The van der Waals surface area contributed by atoms with Crippen LogP contribution < -0.4 is 5.32 Å². The number of nitrogens with one attached hydrogen (secondary N) is 1. The number of aromatic nitrogens is 4. The third-order valence-electron chi connectivity index (χ3n) is 3.21. The summed E-state index contributed by atoms with van der Waals surface area (Å²) in [5.41, 5.74) is 1.41. The molecule has 0 spiro atoms. The summed E-state index contributed by atoms with van der Waals surface area (Å²) >= 11 is 6.47. The van der Waals surface area contributed by atoms with E-state index >= 15 is 0 Å². The van der Waals surface area contributed by atoms with Crippen LogP contribution in [-0.2, 0) is 13.1 Å². The van der Waals surface area contributed by atoms with Crippen LogP contribution in [0.1, 0.15) is 47.7 Å². The molecule has 0 amide bonds. The van der Waals surface area contributed by atoms with E-state index < -0.39 is 0 Å². The Kier molecular flexibility index (Phi) is 8.70. The second-order valence-corrected chi connectivity index (χ2v) is 7.38. The van der Waals surface area contributed by atoms with Crippen LogP contribution in [0.5, 0.6) is 0 Å². The van der Waals surface area contributed by atoms with Crippen molar-refractivity contribution in [3.8, 4) is 0 Å². The zero-order valence-corrected chi connectivity index (χ0v) is 18.1. The van der Waals surface area contributed by atoms with E-state index in [0.29, 0.717) is 35.6 Å². The van der Waals surface area contributed by atoms with Crippen molar-refractivity contribution in [1.82, 2.24) is 25.4 Å². The van der Waals surface area contributed by atoms with E-state index in [2.05, 4.69) is 57.3 Å². The van der Waals surface area contributed by atoms with Gasteiger partial charge in [-0.1, -0.05) is 31.1 Å². The van der Waals surface area contributed by atoms with Gasteiger partial charge in [0.15, 0.2) is 12.1 Å². The second kappa shape index (κ2) is 11.0. The number of carbonyl (C=O) groups is 1. The highest BCUT2D eigenvalue weighted by Crippen LogP contribution is 2.10. The van der Waals surface area contributed by atoms with Crippen LogP contribution in [-0.4, -0.2) is 26.4 Å². The van der Waals surface area contributed by atoms with Crippen molar-refractivity contribution in [3.63, 3.8) is 0 Å². The van der Waals surface area contributed by atoms with Crippen molar-refractivity contribution in [2.75, 3.05) is 0 Å². The molecule has 0 aliphatic heterocycles. The molecule has 3 heterocycles.